The van der Waals surface area contributed by atoms with Crippen LogP contribution in [0, 0.1) is 5.92 Å². The highest BCUT2D eigenvalue weighted by molar-refractivity contribution is 9.10. The lowest BCUT2D eigenvalue weighted by atomic mass is 9.96. The summed E-state index contributed by atoms with van der Waals surface area (Å²) in [6.45, 7) is 4.22. The van der Waals surface area contributed by atoms with E-state index in [1.54, 1.807) is 0 Å². The molecule has 0 saturated carbocycles. The standard InChI is InChI=1S/C25H27BrN4O2/c1-2-18-6-8-22(9-7-18)32-24-15-23(28-17-29-24)30-12-10-20(11-13-30)25(31)27-16-19-4-3-5-21(26)14-19/h3-9,14-15,17,20H,2,10-13,16H2,1H3,(H,27,31). The number of rotatable bonds is 7. The molecule has 1 aromatic heterocycles. The van der Waals surface area contributed by atoms with Crippen molar-refractivity contribution >= 4 is 27.7 Å². The van der Waals surface area contributed by atoms with E-state index in [9.17, 15) is 4.79 Å². The minimum atomic E-state index is 0.0213. The molecule has 7 heteroatoms. The Morgan fingerprint density at radius 2 is 1.88 bits per heavy atom. The van der Waals surface area contributed by atoms with E-state index in [2.05, 4.69) is 55.2 Å². The van der Waals surface area contributed by atoms with E-state index in [0.29, 0.717) is 12.4 Å². The summed E-state index contributed by atoms with van der Waals surface area (Å²) in [6.07, 6.45) is 4.11. The second-order valence-corrected chi connectivity index (χ2v) is 8.84. The Hall–Kier alpha value is -2.93. The third-order valence-corrected chi connectivity index (χ3v) is 6.22. The Kier molecular flexibility index (Phi) is 7.37. The third kappa shape index (κ3) is 5.85. The van der Waals surface area contributed by atoms with Crippen molar-refractivity contribution in [2.24, 2.45) is 5.92 Å². The van der Waals surface area contributed by atoms with Gasteiger partial charge in [0.05, 0.1) is 0 Å². The summed E-state index contributed by atoms with van der Waals surface area (Å²) >= 11 is 3.47. The summed E-state index contributed by atoms with van der Waals surface area (Å²) in [5, 5.41) is 3.07. The molecule has 0 spiro atoms. The molecule has 1 amide bonds. The summed E-state index contributed by atoms with van der Waals surface area (Å²) in [5.74, 6) is 2.24. The molecule has 4 rings (SSSR count). The first-order valence-corrected chi connectivity index (χ1v) is 11.8. The van der Waals surface area contributed by atoms with Gasteiger partial charge in [0.25, 0.3) is 0 Å². The number of carbonyl (C=O) groups excluding carboxylic acids is 1. The number of benzene rings is 2. The molecule has 0 atom stereocenters. The SMILES string of the molecule is CCc1ccc(Oc2cc(N3CCC(C(=O)NCc4cccc(Br)c4)CC3)ncn2)cc1. The molecule has 2 aromatic carbocycles. The maximum Gasteiger partial charge on any atom is 0.224 e. The summed E-state index contributed by atoms with van der Waals surface area (Å²) in [6, 6.07) is 17.9. The highest BCUT2D eigenvalue weighted by Crippen LogP contribution is 2.26. The first-order chi connectivity index (χ1) is 15.6. The molecule has 166 valence electrons. The summed E-state index contributed by atoms with van der Waals surface area (Å²) in [5.41, 5.74) is 2.35. The molecular formula is C25H27BrN4O2. The smallest absolute Gasteiger partial charge is 0.224 e. The lowest BCUT2D eigenvalue weighted by Crippen LogP contribution is -2.40. The summed E-state index contributed by atoms with van der Waals surface area (Å²) < 4.78 is 6.92. The van der Waals surface area contributed by atoms with Crippen molar-refractivity contribution in [3.8, 4) is 11.6 Å². The molecular weight excluding hydrogens is 468 g/mol. The van der Waals surface area contributed by atoms with E-state index in [4.69, 9.17) is 4.74 Å². The number of aromatic nitrogens is 2. The van der Waals surface area contributed by atoms with Gasteiger partial charge in [-0.2, -0.15) is 0 Å². The van der Waals surface area contributed by atoms with Crippen LogP contribution in [0.4, 0.5) is 5.82 Å². The Bertz CT molecular complexity index is 1050. The monoisotopic (exact) mass is 494 g/mol. The van der Waals surface area contributed by atoms with E-state index >= 15 is 0 Å². The zero-order valence-electron chi connectivity index (χ0n) is 18.1. The Morgan fingerprint density at radius 1 is 1.09 bits per heavy atom. The average Bonchev–Trinajstić information content (AvgIpc) is 2.83. The van der Waals surface area contributed by atoms with Gasteiger partial charge in [0.2, 0.25) is 11.8 Å². The van der Waals surface area contributed by atoms with Crippen LogP contribution in [0.5, 0.6) is 11.6 Å². The highest BCUT2D eigenvalue weighted by Gasteiger charge is 2.25. The van der Waals surface area contributed by atoms with Crippen LogP contribution < -0.4 is 15.0 Å². The molecule has 0 aliphatic carbocycles. The van der Waals surface area contributed by atoms with E-state index in [-0.39, 0.29) is 11.8 Å². The molecule has 1 aliphatic rings. The van der Waals surface area contributed by atoms with Crippen molar-refractivity contribution in [2.45, 2.75) is 32.7 Å². The van der Waals surface area contributed by atoms with E-state index in [1.165, 1.54) is 11.9 Å². The molecule has 1 N–H and O–H groups in total. The number of nitrogens with one attached hydrogen (secondary N) is 1. The number of hydrogen-bond acceptors (Lipinski definition) is 5. The van der Waals surface area contributed by atoms with Crippen molar-refractivity contribution in [1.29, 1.82) is 0 Å². The van der Waals surface area contributed by atoms with E-state index < -0.39 is 0 Å². The van der Waals surface area contributed by atoms with Gasteiger partial charge in [0.15, 0.2) is 0 Å². The van der Waals surface area contributed by atoms with Gasteiger partial charge in [-0.05, 0) is 54.7 Å². The second-order valence-electron chi connectivity index (χ2n) is 7.92. The van der Waals surface area contributed by atoms with Crippen molar-refractivity contribution in [3.05, 3.63) is 76.5 Å². The van der Waals surface area contributed by atoms with Crippen LogP contribution in [0.3, 0.4) is 0 Å². The van der Waals surface area contributed by atoms with Gasteiger partial charge in [0.1, 0.15) is 17.9 Å². The fourth-order valence-electron chi connectivity index (χ4n) is 3.82. The van der Waals surface area contributed by atoms with Gasteiger partial charge in [-0.25, -0.2) is 9.97 Å². The van der Waals surface area contributed by atoms with Crippen LogP contribution in [0.1, 0.15) is 30.9 Å². The van der Waals surface area contributed by atoms with Gasteiger partial charge in [-0.1, -0.05) is 47.1 Å². The number of ether oxygens (including phenoxy) is 1. The molecule has 1 saturated heterocycles. The molecule has 0 bridgehead atoms. The van der Waals surface area contributed by atoms with Crippen molar-refractivity contribution in [3.63, 3.8) is 0 Å². The first kappa shape index (κ1) is 22.3. The molecule has 0 radical (unpaired) electrons. The largest absolute Gasteiger partial charge is 0.439 e. The average molecular weight is 495 g/mol. The van der Waals surface area contributed by atoms with Crippen LogP contribution in [0.15, 0.2) is 65.4 Å². The van der Waals surface area contributed by atoms with E-state index in [0.717, 1.165) is 54.0 Å². The predicted molar refractivity (Wildman–Crippen MR) is 129 cm³/mol. The lowest BCUT2D eigenvalue weighted by molar-refractivity contribution is -0.125. The fourth-order valence-corrected chi connectivity index (χ4v) is 4.27. The number of aryl methyl sites for hydroxylation is 1. The maximum absolute atomic E-state index is 12.6. The minimum Gasteiger partial charge on any atom is -0.439 e. The summed E-state index contributed by atoms with van der Waals surface area (Å²) in [4.78, 5) is 23.5. The van der Waals surface area contributed by atoms with Gasteiger partial charge < -0.3 is 15.0 Å². The molecule has 1 aliphatic heterocycles. The fraction of sp³-hybridized carbons (Fsp3) is 0.320. The Balaban J connectivity index is 1.29. The molecule has 6 nitrogen and oxygen atoms in total. The quantitative estimate of drug-likeness (QED) is 0.493. The van der Waals surface area contributed by atoms with Crippen LogP contribution in [0.25, 0.3) is 0 Å². The lowest BCUT2D eigenvalue weighted by Gasteiger charge is -2.32. The predicted octanol–water partition coefficient (Wildman–Crippen LogP) is 5.13. The number of nitrogens with zero attached hydrogens (tertiary/aromatic N) is 3. The number of hydrogen-bond donors (Lipinski definition) is 1. The minimum absolute atomic E-state index is 0.0213. The molecule has 2 heterocycles. The third-order valence-electron chi connectivity index (χ3n) is 5.73. The second kappa shape index (κ2) is 10.6. The van der Waals surface area contributed by atoms with Crippen molar-refractivity contribution in [2.75, 3.05) is 18.0 Å². The normalized spacial score (nSPS) is 14.2. The summed E-state index contributed by atoms with van der Waals surface area (Å²) in [7, 11) is 0. The molecule has 1 fully saturated rings. The van der Waals surface area contributed by atoms with Crippen LogP contribution in [-0.4, -0.2) is 29.0 Å². The molecule has 3 aromatic rings. The zero-order valence-corrected chi connectivity index (χ0v) is 19.7. The number of piperidine rings is 1. The van der Waals surface area contributed by atoms with Gasteiger partial charge >= 0.3 is 0 Å². The Morgan fingerprint density at radius 3 is 2.59 bits per heavy atom. The number of carbonyl (C=O) groups is 1. The zero-order chi connectivity index (χ0) is 22.3. The van der Waals surface area contributed by atoms with Crippen LogP contribution in [0.2, 0.25) is 0 Å². The number of amides is 1. The van der Waals surface area contributed by atoms with Gasteiger partial charge in [0, 0.05) is 36.1 Å². The number of anilines is 1. The van der Waals surface area contributed by atoms with E-state index in [1.807, 2.05) is 42.5 Å². The van der Waals surface area contributed by atoms with Crippen LogP contribution in [-0.2, 0) is 17.8 Å². The maximum atomic E-state index is 12.6. The number of halogens is 1. The molecule has 0 unspecified atom stereocenters. The Labute approximate surface area is 197 Å². The topological polar surface area (TPSA) is 67.3 Å². The van der Waals surface area contributed by atoms with Crippen LogP contribution >= 0.6 is 15.9 Å². The van der Waals surface area contributed by atoms with Gasteiger partial charge in [-0.3, -0.25) is 4.79 Å². The highest BCUT2D eigenvalue weighted by atomic mass is 79.9. The van der Waals surface area contributed by atoms with Gasteiger partial charge in [-0.15, -0.1) is 0 Å². The molecule has 32 heavy (non-hydrogen) atoms. The van der Waals surface area contributed by atoms with Crippen molar-refractivity contribution in [1.82, 2.24) is 15.3 Å². The van der Waals surface area contributed by atoms with Crippen molar-refractivity contribution < 1.29 is 9.53 Å². The first-order valence-electron chi connectivity index (χ1n) is 11.0.